The summed E-state index contributed by atoms with van der Waals surface area (Å²) in [4.78, 5) is 28.2. The zero-order valence-corrected chi connectivity index (χ0v) is 21.8. The van der Waals surface area contributed by atoms with Gasteiger partial charge in [0, 0.05) is 38.5 Å². The van der Waals surface area contributed by atoms with Crippen molar-refractivity contribution in [1.29, 1.82) is 0 Å². The number of amides is 1. The highest BCUT2D eigenvalue weighted by molar-refractivity contribution is 5.80. The smallest absolute Gasteiger partial charge is 0.416 e. The number of hydrogen-bond acceptors (Lipinski definition) is 3. The molecule has 2 atom stereocenters. The second kappa shape index (κ2) is 10.8. The van der Waals surface area contributed by atoms with Crippen LogP contribution in [0.4, 0.5) is 30.7 Å². The fraction of sp³-hybridized carbons (Fsp3) is 0.481. The van der Waals surface area contributed by atoms with Crippen molar-refractivity contribution in [2.45, 2.75) is 57.5 Å². The SMILES string of the molecule is Cc1cc(F)ccc1[C@@H]1CN(C(C)(C)C(=O)O)CC[C@H]1C(=O)N(C)Cc1cc(C(F)(F)F)cc(C(F)(F)F)c1. The second-order valence-corrected chi connectivity index (χ2v) is 10.4. The van der Waals surface area contributed by atoms with E-state index in [2.05, 4.69) is 0 Å². The van der Waals surface area contributed by atoms with E-state index in [0.29, 0.717) is 23.3 Å². The molecule has 2 aromatic carbocycles. The van der Waals surface area contributed by atoms with E-state index in [1.165, 1.54) is 39.1 Å². The molecule has 0 saturated carbocycles. The average Bonchev–Trinajstić information content (AvgIpc) is 2.81. The fourth-order valence-electron chi connectivity index (χ4n) is 5.01. The number of aryl methyl sites for hydroxylation is 1. The molecule has 1 aliphatic heterocycles. The molecule has 1 N–H and O–H groups in total. The molecule has 1 fully saturated rings. The quantitative estimate of drug-likeness (QED) is 0.433. The van der Waals surface area contributed by atoms with E-state index >= 15 is 0 Å². The number of carbonyl (C=O) groups excluding carboxylic acids is 1. The lowest BCUT2D eigenvalue weighted by atomic mass is 9.77. The number of halogens is 7. The van der Waals surface area contributed by atoms with Gasteiger partial charge in [-0.3, -0.25) is 14.5 Å². The van der Waals surface area contributed by atoms with Crippen LogP contribution in [0.15, 0.2) is 36.4 Å². The summed E-state index contributed by atoms with van der Waals surface area (Å²) < 4.78 is 93.6. The van der Waals surface area contributed by atoms with Gasteiger partial charge >= 0.3 is 18.3 Å². The summed E-state index contributed by atoms with van der Waals surface area (Å²) >= 11 is 0. The Balaban J connectivity index is 1.95. The van der Waals surface area contributed by atoms with E-state index in [1.807, 2.05) is 0 Å². The molecule has 1 heterocycles. The number of likely N-dealkylation sites (tertiary alicyclic amines) is 1. The number of benzene rings is 2. The zero-order chi connectivity index (χ0) is 29.5. The zero-order valence-electron chi connectivity index (χ0n) is 21.8. The number of carboxylic acid groups (broad SMARTS) is 1. The van der Waals surface area contributed by atoms with Crippen LogP contribution >= 0.6 is 0 Å². The highest BCUT2D eigenvalue weighted by atomic mass is 19.4. The van der Waals surface area contributed by atoms with Crippen molar-refractivity contribution in [2.24, 2.45) is 5.92 Å². The summed E-state index contributed by atoms with van der Waals surface area (Å²) in [5.74, 6) is -3.47. The molecule has 0 aromatic heterocycles. The van der Waals surface area contributed by atoms with Gasteiger partial charge in [0.15, 0.2) is 0 Å². The van der Waals surface area contributed by atoms with Crippen LogP contribution in [-0.4, -0.2) is 52.5 Å². The van der Waals surface area contributed by atoms with Crippen LogP contribution < -0.4 is 0 Å². The molecule has 1 aliphatic rings. The lowest BCUT2D eigenvalue weighted by molar-refractivity contribution is -0.151. The van der Waals surface area contributed by atoms with Crippen LogP contribution in [0.3, 0.4) is 0 Å². The van der Waals surface area contributed by atoms with Crippen LogP contribution in [0.1, 0.15) is 54.0 Å². The van der Waals surface area contributed by atoms with Gasteiger partial charge in [0.05, 0.1) is 11.1 Å². The number of alkyl halides is 6. The number of carboxylic acids is 1. The first-order valence-corrected chi connectivity index (χ1v) is 12.1. The number of hydrogen-bond donors (Lipinski definition) is 1. The van der Waals surface area contributed by atoms with Gasteiger partial charge in [-0.25, -0.2) is 4.39 Å². The molecule has 39 heavy (non-hydrogen) atoms. The van der Waals surface area contributed by atoms with Crippen LogP contribution in [0, 0.1) is 18.7 Å². The monoisotopic (exact) mass is 562 g/mol. The van der Waals surface area contributed by atoms with Gasteiger partial charge in [-0.15, -0.1) is 0 Å². The molecule has 12 heteroatoms. The van der Waals surface area contributed by atoms with Gasteiger partial charge in [-0.2, -0.15) is 26.3 Å². The van der Waals surface area contributed by atoms with Crippen molar-refractivity contribution in [3.8, 4) is 0 Å². The predicted molar refractivity (Wildman–Crippen MR) is 128 cm³/mol. The van der Waals surface area contributed by atoms with Crippen molar-refractivity contribution in [3.05, 3.63) is 70.0 Å². The highest BCUT2D eigenvalue weighted by Crippen LogP contribution is 2.39. The fourth-order valence-corrected chi connectivity index (χ4v) is 5.01. The minimum Gasteiger partial charge on any atom is -0.480 e. The molecule has 0 aliphatic carbocycles. The van der Waals surface area contributed by atoms with Gasteiger partial charge < -0.3 is 10.0 Å². The summed E-state index contributed by atoms with van der Waals surface area (Å²) in [6, 6.07) is 5.20. The Kier molecular flexibility index (Phi) is 8.40. The van der Waals surface area contributed by atoms with Crippen molar-refractivity contribution in [1.82, 2.24) is 9.80 Å². The molecular weight excluding hydrogens is 533 g/mol. The first-order valence-electron chi connectivity index (χ1n) is 12.1. The summed E-state index contributed by atoms with van der Waals surface area (Å²) in [7, 11) is 1.29. The maximum atomic E-state index is 13.8. The molecule has 0 spiro atoms. The van der Waals surface area contributed by atoms with Gasteiger partial charge in [-0.05, 0) is 74.2 Å². The molecule has 1 amide bonds. The van der Waals surface area contributed by atoms with E-state index in [4.69, 9.17) is 0 Å². The van der Waals surface area contributed by atoms with Crippen molar-refractivity contribution < 1.29 is 45.4 Å². The van der Waals surface area contributed by atoms with Crippen LogP contribution in [0.25, 0.3) is 0 Å². The summed E-state index contributed by atoms with van der Waals surface area (Å²) in [5, 5.41) is 9.70. The maximum absolute atomic E-state index is 13.8. The Morgan fingerprint density at radius 1 is 1.00 bits per heavy atom. The topological polar surface area (TPSA) is 60.9 Å². The van der Waals surface area contributed by atoms with Crippen molar-refractivity contribution >= 4 is 11.9 Å². The molecule has 0 unspecified atom stereocenters. The number of nitrogens with zero attached hydrogens (tertiary/aromatic N) is 2. The Morgan fingerprint density at radius 2 is 1.56 bits per heavy atom. The maximum Gasteiger partial charge on any atom is 0.416 e. The molecule has 2 aromatic rings. The number of carbonyl (C=O) groups is 2. The van der Waals surface area contributed by atoms with E-state index in [1.54, 1.807) is 11.8 Å². The van der Waals surface area contributed by atoms with Crippen LogP contribution in [0.5, 0.6) is 0 Å². The molecule has 5 nitrogen and oxygen atoms in total. The van der Waals surface area contributed by atoms with E-state index in [9.17, 15) is 45.4 Å². The number of piperidine rings is 1. The van der Waals surface area contributed by atoms with E-state index in [0.717, 1.165) is 4.90 Å². The molecule has 1 saturated heterocycles. The second-order valence-electron chi connectivity index (χ2n) is 10.4. The Bertz CT molecular complexity index is 1210. The van der Waals surface area contributed by atoms with Gasteiger partial charge in [-0.1, -0.05) is 6.07 Å². The normalized spacial score (nSPS) is 19.2. The standard InChI is InChI=1S/C27H29F7N2O3/c1-15-9-19(28)5-6-20(15)22-14-36(25(2,3)24(38)39)8-7-21(22)23(37)35(4)13-16-10-17(26(29,30)31)12-18(11-16)27(32,33)34/h5-6,9-12,21-22H,7-8,13-14H2,1-4H3,(H,38,39)/t21-,22+/m1/s1. The van der Waals surface area contributed by atoms with Crippen molar-refractivity contribution in [3.63, 3.8) is 0 Å². The minimum atomic E-state index is -5.02. The predicted octanol–water partition coefficient (Wildman–Crippen LogP) is 6.10. The molecule has 0 bridgehead atoms. The summed E-state index contributed by atoms with van der Waals surface area (Å²) in [6.07, 6.45) is -9.86. The van der Waals surface area contributed by atoms with Crippen LogP contribution in [0.2, 0.25) is 0 Å². The van der Waals surface area contributed by atoms with Gasteiger partial charge in [0.1, 0.15) is 11.4 Å². The highest BCUT2D eigenvalue weighted by Gasteiger charge is 2.44. The minimum absolute atomic E-state index is 0.0264. The summed E-state index contributed by atoms with van der Waals surface area (Å²) in [5.41, 5.74) is -3.44. The molecular formula is C27H29F7N2O3. The number of rotatable bonds is 6. The third-order valence-electron chi connectivity index (χ3n) is 7.32. The Morgan fingerprint density at radius 3 is 2.05 bits per heavy atom. The third kappa shape index (κ3) is 6.71. The van der Waals surface area contributed by atoms with Crippen molar-refractivity contribution in [2.75, 3.05) is 20.1 Å². The lowest BCUT2D eigenvalue weighted by Crippen LogP contribution is -2.56. The van der Waals surface area contributed by atoms with Crippen LogP contribution in [-0.2, 0) is 28.5 Å². The first-order chi connectivity index (χ1) is 17.8. The molecule has 0 radical (unpaired) electrons. The Hall–Kier alpha value is -3.15. The first kappa shape index (κ1) is 30.4. The summed E-state index contributed by atoms with van der Waals surface area (Å²) in [6.45, 7) is 4.50. The van der Waals surface area contributed by atoms with Gasteiger partial charge in [0.25, 0.3) is 0 Å². The lowest BCUT2D eigenvalue weighted by Gasteiger charge is -2.45. The van der Waals surface area contributed by atoms with E-state index in [-0.39, 0.29) is 31.1 Å². The average molecular weight is 563 g/mol. The Labute approximate surface area is 221 Å². The van der Waals surface area contributed by atoms with Gasteiger partial charge in [0.2, 0.25) is 5.91 Å². The molecule has 3 rings (SSSR count). The van der Waals surface area contributed by atoms with E-state index < -0.39 is 65.1 Å². The molecule has 214 valence electrons. The largest absolute Gasteiger partial charge is 0.480 e. The third-order valence-corrected chi connectivity index (χ3v) is 7.32. The number of aliphatic carboxylic acids is 1.